The van der Waals surface area contributed by atoms with E-state index in [2.05, 4.69) is 0 Å². The fourth-order valence-corrected chi connectivity index (χ4v) is 0.640. The quantitative estimate of drug-likeness (QED) is 0.484. The minimum absolute atomic E-state index is 0.0116. The van der Waals surface area contributed by atoms with Crippen LogP contribution in [-0.4, -0.2) is 24.5 Å². The summed E-state index contributed by atoms with van der Waals surface area (Å²) < 4.78 is 4.84. The summed E-state index contributed by atoms with van der Waals surface area (Å²) in [6.07, 6.45) is -0.0638. The van der Waals surface area contributed by atoms with E-state index in [-0.39, 0.29) is 24.5 Å². The van der Waals surface area contributed by atoms with Crippen molar-refractivity contribution in [3.63, 3.8) is 0 Å². The van der Waals surface area contributed by atoms with Gasteiger partial charge < -0.3 is 10.5 Å². The summed E-state index contributed by atoms with van der Waals surface area (Å²) in [6.45, 7) is 1.97. The maximum absolute atomic E-state index is 10.5. The third kappa shape index (κ3) is 0.877. The van der Waals surface area contributed by atoms with Crippen LogP contribution in [0.3, 0.4) is 0 Å². The minimum Gasteiger partial charge on any atom is -0.362 e. The van der Waals surface area contributed by atoms with E-state index in [9.17, 15) is 4.79 Å². The van der Waals surface area contributed by atoms with E-state index < -0.39 is 0 Å². The van der Waals surface area contributed by atoms with E-state index in [1.165, 1.54) is 0 Å². The van der Waals surface area contributed by atoms with Gasteiger partial charge in [-0.2, -0.15) is 0 Å². The van der Waals surface area contributed by atoms with Crippen molar-refractivity contribution in [3.05, 3.63) is 0 Å². The van der Waals surface area contributed by atoms with Crippen LogP contribution in [0.15, 0.2) is 0 Å². The maximum atomic E-state index is 10.5. The van der Waals surface area contributed by atoms with Gasteiger partial charge in [-0.1, -0.05) is 0 Å². The van der Waals surface area contributed by atoms with Crippen LogP contribution in [0, 0.1) is 0 Å². The third-order valence-electron chi connectivity index (χ3n) is 1.23. The lowest BCUT2D eigenvalue weighted by molar-refractivity contribution is -0.118. The second-order valence-electron chi connectivity index (χ2n) is 1.93. The number of hydrogen-bond acceptors (Lipinski definition) is 3. The molecule has 0 bridgehead atoms. The molecule has 3 heteroatoms. The van der Waals surface area contributed by atoms with E-state index in [1.54, 1.807) is 0 Å². The lowest BCUT2D eigenvalue weighted by Crippen LogP contribution is -2.19. The molecule has 0 aliphatic carbocycles. The maximum Gasteiger partial charge on any atom is 0.177 e. The van der Waals surface area contributed by atoms with E-state index >= 15 is 0 Å². The fourth-order valence-electron chi connectivity index (χ4n) is 0.640. The Hall–Kier alpha value is -0.410. The predicted molar refractivity (Wildman–Crippen MR) is 28.4 cm³/mol. The Bertz CT molecular complexity index is 113. The monoisotopic (exact) mass is 115 g/mol. The number of epoxide rings is 1. The van der Waals surface area contributed by atoms with Crippen LogP contribution in [0.1, 0.15) is 6.92 Å². The van der Waals surface area contributed by atoms with Crippen molar-refractivity contribution < 1.29 is 9.53 Å². The first-order valence-corrected chi connectivity index (χ1v) is 2.64. The van der Waals surface area contributed by atoms with Gasteiger partial charge >= 0.3 is 0 Å². The van der Waals surface area contributed by atoms with Crippen molar-refractivity contribution in [2.45, 2.75) is 19.1 Å². The Morgan fingerprint density at radius 2 is 2.38 bits per heavy atom. The SMILES string of the molecule is CC1OC1C(=O)CN. The van der Waals surface area contributed by atoms with Crippen LogP contribution in [0.5, 0.6) is 0 Å². The van der Waals surface area contributed by atoms with Crippen LogP contribution in [0.2, 0.25) is 0 Å². The van der Waals surface area contributed by atoms with Gasteiger partial charge in [0.05, 0.1) is 12.6 Å². The molecular weight excluding hydrogens is 106 g/mol. The van der Waals surface area contributed by atoms with Crippen molar-refractivity contribution in [3.8, 4) is 0 Å². The Kier molecular flexibility index (Phi) is 1.31. The molecular formula is C5H9NO2. The summed E-state index contributed by atoms with van der Waals surface area (Å²) >= 11 is 0. The Morgan fingerprint density at radius 3 is 2.50 bits per heavy atom. The Labute approximate surface area is 47.8 Å². The van der Waals surface area contributed by atoms with E-state index in [0.717, 1.165) is 0 Å². The molecule has 0 amide bonds. The van der Waals surface area contributed by atoms with Crippen molar-refractivity contribution in [1.82, 2.24) is 0 Å². The van der Waals surface area contributed by atoms with Crippen LogP contribution in [-0.2, 0) is 9.53 Å². The topological polar surface area (TPSA) is 55.6 Å². The smallest absolute Gasteiger partial charge is 0.177 e. The van der Waals surface area contributed by atoms with Gasteiger partial charge in [-0.15, -0.1) is 0 Å². The summed E-state index contributed by atoms with van der Waals surface area (Å²) in [5.74, 6) is 0.0116. The number of nitrogens with two attached hydrogens (primary N) is 1. The van der Waals surface area contributed by atoms with Crippen LogP contribution in [0.25, 0.3) is 0 Å². The summed E-state index contributed by atoms with van der Waals surface area (Å²) in [7, 11) is 0. The van der Waals surface area contributed by atoms with Gasteiger partial charge in [0.2, 0.25) is 0 Å². The van der Waals surface area contributed by atoms with Crippen molar-refractivity contribution in [2.75, 3.05) is 6.54 Å². The number of rotatable bonds is 2. The predicted octanol–water partition coefficient (Wildman–Crippen LogP) is -0.699. The number of ketones is 1. The number of ether oxygens (including phenoxy) is 1. The standard InChI is InChI=1S/C5H9NO2/c1-3-5(8-3)4(7)2-6/h3,5H,2,6H2,1H3. The van der Waals surface area contributed by atoms with Crippen LogP contribution in [0.4, 0.5) is 0 Å². The summed E-state index contributed by atoms with van der Waals surface area (Å²) in [6, 6.07) is 0. The molecule has 2 atom stereocenters. The summed E-state index contributed by atoms with van der Waals surface area (Å²) in [5.41, 5.74) is 5.05. The highest BCUT2D eigenvalue weighted by atomic mass is 16.6. The molecule has 2 N–H and O–H groups in total. The van der Waals surface area contributed by atoms with Gasteiger partial charge in [-0.25, -0.2) is 0 Å². The second-order valence-corrected chi connectivity index (χ2v) is 1.93. The number of carbonyl (C=O) groups is 1. The Balaban J connectivity index is 2.28. The molecule has 1 saturated heterocycles. The van der Waals surface area contributed by atoms with Crippen LogP contribution >= 0.6 is 0 Å². The van der Waals surface area contributed by atoms with Gasteiger partial charge in [0, 0.05) is 0 Å². The molecule has 0 aromatic carbocycles. The van der Waals surface area contributed by atoms with Gasteiger partial charge in [0.25, 0.3) is 0 Å². The van der Waals surface area contributed by atoms with E-state index in [4.69, 9.17) is 10.5 Å². The average Bonchev–Trinajstić information content (AvgIpc) is 2.45. The van der Waals surface area contributed by atoms with Crippen molar-refractivity contribution in [1.29, 1.82) is 0 Å². The molecule has 2 unspecified atom stereocenters. The molecule has 0 aromatic rings. The normalized spacial score (nSPS) is 34.8. The molecule has 0 radical (unpaired) electrons. The third-order valence-corrected chi connectivity index (χ3v) is 1.23. The number of Topliss-reactive ketones (excluding diaryl/α,β-unsaturated/α-hetero) is 1. The molecule has 1 aliphatic heterocycles. The van der Waals surface area contributed by atoms with Crippen molar-refractivity contribution in [2.24, 2.45) is 5.73 Å². The first-order valence-electron chi connectivity index (χ1n) is 2.64. The zero-order valence-electron chi connectivity index (χ0n) is 4.76. The molecule has 1 aliphatic rings. The molecule has 1 heterocycles. The average molecular weight is 115 g/mol. The first kappa shape index (κ1) is 5.72. The second kappa shape index (κ2) is 1.84. The molecule has 1 fully saturated rings. The molecule has 1 rings (SSSR count). The van der Waals surface area contributed by atoms with Crippen LogP contribution < -0.4 is 5.73 Å². The molecule has 3 nitrogen and oxygen atoms in total. The lowest BCUT2D eigenvalue weighted by Gasteiger charge is -1.83. The zero-order chi connectivity index (χ0) is 6.15. The van der Waals surface area contributed by atoms with E-state index in [1.807, 2.05) is 6.92 Å². The van der Waals surface area contributed by atoms with Gasteiger partial charge in [0.15, 0.2) is 5.78 Å². The van der Waals surface area contributed by atoms with Gasteiger partial charge in [-0.3, -0.25) is 4.79 Å². The number of hydrogen-bond donors (Lipinski definition) is 1. The molecule has 0 saturated carbocycles. The van der Waals surface area contributed by atoms with Crippen molar-refractivity contribution >= 4 is 5.78 Å². The first-order chi connectivity index (χ1) is 3.75. The van der Waals surface area contributed by atoms with Gasteiger partial charge in [0.1, 0.15) is 6.10 Å². The zero-order valence-corrected chi connectivity index (χ0v) is 4.76. The minimum atomic E-state index is -0.181. The summed E-state index contributed by atoms with van der Waals surface area (Å²) in [4.78, 5) is 10.5. The molecule has 0 aromatic heterocycles. The van der Waals surface area contributed by atoms with E-state index in [0.29, 0.717) is 0 Å². The highest BCUT2D eigenvalue weighted by Gasteiger charge is 2.39. The fraction of sp³-hybridized carbons (Fsp3) is 0.800. The summed E-state index contributed by atoms with van der Waals surface area (Å²) in [5, 5.41) is 0. The highest BCUT2D eigenvalue weighted by Crippen LogP contribution is 2.20. The van der Waals surface area contributed by atoms with Gasteiger partial charge in [-0.05, 0) is 6.92 Å². The Morgan fingerprint density at radius 1 is 1.88 bits per heavy atom. The largest absolute Gasteiger partial charge is 0.362 e. The highest BCUT2D eigenvalue weighted by molar-refractivity contribution is 5.87. The molecule has 0 spiro atoms. The lowest BCUT2D eigenvalue weighted by atomic mass is 10.2. The number of carbonyl (C=O) groups excluding carboxylic acids is 1. The molecule has 8 heavy (non-hydrogen) atoms. The molecule has 46 valence electrons.